The van der Waals surface area contributed by atoms with Gasteiger partial charge in [0, 0.05) is 18.7 Å². The molecule has 0 spiro atoms. The minimum absolute atomic E-state index is 0.0305. The summed E-state index contributed by atoms with van der Waals surface area (Å²) in [7, 11) is 0. The standard InChI is InChI=1S/C13H16N2O2/c1-8-3-4-11(5-9(8)2)15-7-10(13(14)17)6-12(15)16/h3-5,10H,6-7H2,1-2H3,(H2,14,17)/t10-/m0/s1. The third-order valence-corrected chi connectivity index (χ3v) is 3.33. The molecule has 1 saturated heterocycles. The Morgan fingerprint density at radius 2 is 2.06 bits per heavy atom. The zero-order valence-corrected chi connectivity index (χ0v) is 10.1. The molecule has 4 heteroatoms. The first-order valence-electron chi connectivity index (χ1n) is 5.66. The predicted molar refractivity (Wildman–Crippen MR) is 65.6 cm³/mol. The van der Waals surface area contributed by atoms with Crippen molar-refractivity contribution >= 4 is 17.5 Å². The summed E-state index contributed by atoms with van der Waals surface area (Å²) in [5.41, 5.74) is 8.41. The van der Waals surface area contributed by atoms with Gasteiger partial charge in [0.25, 0.3) is 0 Å². The molecule has 1 heterocycles. The van der Waals surface area contributed by atoms with Crippen LogP contribution in [0.25, 0.3) is 0 Å². The zero-order valence-electron chi connectivity index (χ0n) is 10.1. The quantitative estimate of drug-likeness (QED) is 0.831. The highest BCUT2D eigenvalue weighted by atomic mass is 16.2. The molecule has 1 aliphatic heterocycles. The van der Waals surface area contributed by atoms with Crippen LogP contribution in [0.3, 0.4) is 0 Å². The number of carbonyl (C=O) groups excluding carboxylic acids is 2. The van der Waals surface area contributed by atoms with Crippen LogP contribution >= 0.6 is 0 Å². The molecule has 1 aromatic rings. The number of hydrogen-bond acceptors (Lipinski definition) is 2. The Bertz CT molecular complexity index is 482. The Morgan fingerprint density at radius 3 is 2.59 bits per heavy atom. The maximum Gasteiger partial charge on any atom is 0.227 e. The number of benzene rings is 1. The van der Waals surface area contributed by atoms with E-state index in [-0.39, 0.29) is 18.2 Å². The predicted octanol–water partition coefficient (Wildman–Crippen LogP) is 1.14. The molecule has 4 nitrogen and oxygen atoms in total. The van der Waals surface area contributed by atoms with Crippen LogP contribution < -0.4 is 10.6 Å². The number of amides is 2. The van der Waals surface area contributed by atoms with E-state index in [1.54, 1.807) is 4.90 Å². The Balaban J connectivity index is 2.26. The SMILES string of the molecule is Cc1ccc(N2C[C@@H](C(N)=O)CC2=O)cc1C. The molecule has 2 rings (SSSR count). The van der Waals surface area contributed by atoms with Gasteiger partial charge in [-0.3, -0.25) is 9.59 Å². The van der Waals surface area contributed by atoms with Crippen LogP contribution in [-0.4, -0.2) is 18.4 Å². The summed E-state index contributed by atoms with van der Waals surface area (Å²) in [6.45, 7) is 4.43. The summed E-state index contributed by atoms with van der Waals surface area (Å²) in [6, 6.07) is 5.86. The summed E-state index contributed by atoms with van der Waals surface area (Å²) >= 11 is 0. The van der Waals surface area contributed by atoms with E-state index in [0.29, 0.717) is 6.54 Å². The Kier molecular flexibility index (Phi) is 2.88. The summed E-state index contributed by atoms with van der Waals surface area (Å²) < 4.78 is 0. The van der Waals surface area contributed by atoms with E-state index in [1.807, 2.05) is 32.0 Å². The van der Waals surface area contributed by atoms with E-state index < -0.39 is 5.91 Å². The van der Waals surface area contributed by atoms with Gasteiger partial charge in [0.2, 0.25) is 11.8 Å². The van der Waals surface area contributed by atoms with Gasteiger partial charge in [-0.15, -0.1) is 0 Å². The number of carbonyl (C=O) groups is 2. The number of hydrogen-bond donors (Lipinski definition) is 1. The molecule has 1 aromatic carbocycles. The highest BCUT2D eigenvalue weighted by Gasteiger charge is 2.33. The fraction of sp³-hybridized carbons (Fsp3) is 0.385. The second-order valence-electron chi connectivity index (χ2n) is 4.58. The van der Waals surface area contributed by atoms with Gasteiger partial charge in [-0.05, 0) is 37.1 Å². The molecule has 2 amide bonds. The molecule has 0 aliphatic carbocycles. The molecule has 1 atom stereocenters. The van der Waals surface area contributed by atoms with E-state index in [9.17, 15) is 9.59 Å². The van der Waals surface area contributed by atoms with Crippen molar-refractivity contribution in [1.29, 1.82) is 0 Å². The molecule has 0 unspecified atom stereocenters. The van der Waals surface area contributed by atoms with Crippen LogP contribution in [0.1, 0.15) is 17.5 Å². The monoisotopic (exact) mass is 232 g/mol. The maximum absolute atomic E-state index is 11.8. The summed E-state index contributed by atoms with van der Waals surface area (Å²) in [4.78, 5) is 24.5. The third kappa shape index (κ3) is 2.16. The minimum atomic E-state index is -0.398. The smallest absolute Gasteiger partial charge is 0.227 e. The fourth-order valence-electron chi connectivity index (χ4n) is 2.04. The van der Waals surface area contributed by atoms with Gasteiger partial charge >= 0.3 is 0 Å². The summed E-state index contributed by atoms with van der Waals surface area (Å²) in [6.07, 6.45) is 0.224. The molecule has 2 N–H and O–H groups in total. The lowest BCUT2D eigenvalue weighted by Crippen LogP contribution is -2.28. The van der Waals surface area contributed by atoms with Crippen LogP contribution in [0.2, 0.25) is 0 Å². The average molecular weight is 232 g/mol. The second-order valence-corrected chi connectivity index (χ2v) is 4.58. The van der Waals surface area contributed by atoms with E-state index >= 15 is 0 Å². The molecular formula is C13H16N2O2. The lowest BCUT2D eigenvalue weighted by molar-refractivity contribution is -0.123. The van der Waals surface area contributed by atoms with E-state index in [4.69, 9.17) is 5.73 Å². The van der Waals surface area contributed by atoms with Crippen molar-refractivity contribution in [3.63, 3.8) is 0 Å². The van der Waals surface area contributed by atoms with Crippen molar-refractivity contribution in [3.05, 3.63) is 29.3 Å². The van der Waals surface area contributed by atoms with Gasteiger partial charge < -0.3 is 10.6 Å². The molecule has 0 saturated carbocycles. The first-order chi connectivity index (χ1) is 7.99. The highest BCUT2D eigenvalue weighted by molar-refractivity contribution is 6.00. The topological polar surface area (TPSA) is 63.4 Å². The van der Waals surface area contributed by atoms with Crippen LogP contribution in [0.15, 0.2) is 18.2 Å². The molecule has 1 fully saturated rings. The number of nitrogens with two attached hydrogens (primary N) is 1. The normalized spacial score (nSPS) is 19.8. The highest BCUT2D eigenvalue weighted by Crippen LogP contribution is 2.26. The van der Waals surface area contributed by atoms with Crippen molar-refractivity contribution in [2.45, 2.75) is 20.3 Å². The molecule has 17 heavy (non-hydrogen) atoms. The van der Waals surface area contributed by atoms with E-state index in [2.05, 4.69) is 0 Å². The number of nitrogens with zero attached hydrogens (tertiary/aromatic N) is 1. The molecule has 0 radical (unpaired) electrons. The van der Waals surface area contributed by atoms with Crippen LogP contribution in [0, 0.1) is 19.8 Å². The van der Waals surface area contributed by atoms with Gasteiger partial charge in [0.1, 0.15) is 0 Å². The number of rotatable bonds is 2. The Hall–Kier alpha value is -1.84. The molecular weight excluding hydrogens is 216 g/mol. The molecule has 90 valence electrons. The van der Waals surface area contributed by atoms with Crippen LogP contribution in [-0.2, 0) is 9.59 Å². The van der Waals surface area contributed by atoms with Gasteiger partial charge in [-0.2, -0.15) is 0 Å². The third-order valence-electron chi connectivity index (χ3n) is 3.33. The van der Waals surface area contributed by atoms with Crippen molar-refractivity contribution in [2.24, 2.45) is 11.7 Å². The number of primary amides is 1. The number of anilines is 1. The molecule has 1 aliphatic rings. The van der Waals surface area contributed by atoms with Crippen molar-refractivity contribution < 1.29 is 9.59 Å². The van der Waals surface area contributed by atoms with Crippen molar-refractivity contribution in [2.75, 3.05) is 11.4 Å². The van der Waals surface area contributed by atoms with Gasteiger partial charge in [-0.1, -0.05) is 6.07 Å². The minimum Gasteiger partial charge on any atom is -0.369 e. The van der Waals surface area contributed by atoms with Crippen LogP contribution in [0.4, 0.5) is 5.69 Å². The fourth-order valence-corrected chi connectivity index (χ4v) is 2.04. The lowest BCUT2D eigenvalue weighted by atomic mass is 10.1. The summed E-state index contributed by atoms with van der Waals surface area (Å²) in [5, 5.41) is 0. The van der Waals surface area contributed by atoms with Gasteiger partial charge in [0.05, 0.1) is 5.92 Å². The Morgan fingerprint density at radius 1 is 1.35 bits per heavy atom. The van der Waals surface area contributed by atoms with Crippen LogP contribution in [0.5, 0.6) is 0 Å². The van der Waals surface area contributed by atoms with E-state index in [0.717, 1.165) is 11.3 Å². The first-order valence-corrected chi connectivity index (χ1v) is 5.66. The molecule has 0 aromatic heterocycles. The van der Waals surface area contributed by atoms with Gasteiger partial charge in [-0.25, -0.2) is 0 Å². The lowest BCUT2D eigenvalue weighted by Gasteiger charge is -2.17. The van der Waals surface area contributed by atoms with Crippen molar-refractivity contribution in [1.82, 2.24) is 0 Å². The summed E-state index contributed by atoms with van der Waals surface area (Å²) in [5.74, 6) is -0.786. The first kappa shape index (κ1) is 11.6. The van der Waals surface area contributed by atoms with Crippen molar-refractivity contribution in [3.8, 4) is 0 Å². The average Bonchev–Trinajstić information content (AvgIpc) is 2.65. The second kappa shape index (κ2) is 4.20. The maximum atomic E-state index is 11.8. The largest absolute Gasteiger partial charge is 0.369 e. The Labute approximate surface area is 100 Å². The number of aryl methyl sites for hydroxylation is 2. The van der Waals surface area contributed by atoms with Gasteiger partial charge in [0.15, 0.2) is 0 Å². The van der Waals surface area contributed by atoms with E-state index in [1.165, 1.54) is 5.56 Å². The molecule has 0 bridgehead atoms. The zero-order chi connectivity index (χ0) is 12.6.